The third-order valence-corrected chi connectivity index (χ3v) is 2.95. The molecule has 3 rings (SSSR count). The van der Waals surface area contributed by atoms with Crippen LogP contribution in [-0.2, 0) is 0 Å². The molecule has 0 radical (unpaired) electrons. The predicted molar refractivity (Wildman–Crippen MR) is 68.1 cm³/mol. The summed E-state index contributed by atoms with van der Waals surface area (Å²) in [5, 5.41) is 0.388. The lowest BCUT2D eigenvalue weighted by Crippen LogP contribution is -2.09. The van der Waals surface area contributed by atoms with Crippen LogP contribution in [0.3, 0.4) is 0 Å². The molecular formula is C13H8F2N4O. The Hall–Kier alpha value is -2.83. The number of benzene rings is 1. The molecule has 0 amide bonds. The number of carbonyl (C=O) groups excluding carboxylic acids is 1. The van der Waals surface area contributed by atoms with E-state index in [1.807, 2.05) is 0 Å². The summed E-state index contributed by atoms with van der Waals surface area (Å²) in [4.78, 5) is 22.7. The van der Waals surface area contributed by atoms with Gasteiger partial charge in [-0.3, -0.25) is 4.79 Å². The Labute approximate surface area is 111 Å². The number of rotatable bonds is 2. The number of anilines is 1. The van der Waals surface area contributed by atoms with Crippen LogP contribution in [0.1, 0.15) is 15.9 Å². The second-order valence-corrected chi connectivity index (χ2v) is 4.14. The number of aromatic nitrogens is 3. The average Bonchev–Trinajstić information content (AvgIpc) is 2.87. The van der Waals surface area contributed by atoms with Crippen molar-refractivity contribution in [3.05, 3.63) is 53.6 Å². The summed E-state index contributed by atoms with van der Waals surface area (Å²) in [5.41, 5.74) is 4.89. The first-order valence-electron chi connectivity index (χ1n) is 5.65. The minimum Gasteiger partial charge on any atom is -0.396 e. The Bertz CT molecular complexity index is 828. The number of H-pyrrole nitrogens is 1. The van der Waals surface area contributed by atoms with Crippen LogP contribution >= 0.6 is 0 Å². The van der Waals surface area contributed by atoms with Gasteiger partial charge in [-0.05, 0) is 12.1 Å². The van der Waals surface area contributed by atoms with Crippen LogP contribution in [0.4, 0.5) is 14.5 Å². The van der Waals surface area contributed by atoms with Crippen molar-refractivity contribution >= 4 is 22.5 Å². The molecule has 0 fully saturated rings. The van der Waals surface area contributed by atoms with Gasteiger partial charge in [0.1, 0.15) is 17.8 Å². The fourth-order valence-corrected chi connectivity index (χ4v) is 1.96. The van der Waals surface area contributed by atoms with Gasteiger partial charge in [0.15, 0.2) is 5.82 Å². The van der Waals surface area contributed by atoms with E-state index in [1.54, 1.807) is 0 Å². The molecule has 2 aromatic heterocycles. The molecule has 0 aliphatic rings. The van der Waals surface area contributed by atoms with E-state index in [2.05, 4.69) is 15.0 Å². The van der Waals surface area contributed by atoms with Gasteiger partial charge in [0, 0.05) is 17.8 Å². The largest absolute Gasteiger partial charge is 0.396 e. The van der Waals surface area contributed by atoms with Gasteiger partial charge in [-0.2, -0.15) is 0 Å². The number of hydrogen-bond acceptors (Lipinski definition) is 4. The molecule has 2 heterocycles. The minimum atomic E-state index is -1.07. The molecular weight excluding hydrogens is 266 g/mol. The highest BCUT2D eigenvalue weighted by molar-refractivity contribution is 6.16. The van der Waals surface area contributed by atoms with Crippen LogP contribution < -0.4 is 5.73 Å². The first-order valence-corrected chi connectivity index (χ1v) is 5.65. The van der Waals surface area contributed by atoms with Gasteiger partial charge < -0.3 is 10.7 Å². The smallest absolute Gasteiger partial charge is 0.201 e. The lowest BCUT2D eigenvalue weighted by Gasteiger charge is -2.05. The lowest BCUT2D eigenvalue weighted by atomic mass is 10.0. The van der Waals surface area contributed by atoms with Gasteiger partial charge >= 0.3 is 0 Å². The summed E-state index contributed by atoms with van der Waals surface area (Å²) in [6.07, 6.45) is 4.03. The molecule has 5 nitrogen and oxygen atoms in total. The fraction of sp³-hybridized carbons (Fsp3) is 0. The highest BCUT2D eigenvalue weighted by Gasteiger charge is 2.23. The molecule has 0 unspecified atom stereocenters. The molecule has 0 bridgehead atoms. The number of nitrogens with one attached hydrogen (secondary N) is 1. The second-order valence-electron chi connectivity index (χ2n) is 4.14. The number of fused-ring (bicyclic) bond motifs is 1. The Kier molecular flexibility index (Phi) is 2.67. The van der Waals surface area contributed by atoms with E-state index in [9.17, 15) is 13.6 Å². The minimum absolute atomic E-state index is 0.0870. The Morgan fingerprint density at radius 1 is 1.30 bits per heavy atom. The molecule has 3 N–H and O–H groups in total. The van der Waals surface area contributed by atoms with Crippen molar-refractivity contribution in [2.24, 2.45) is 0 Å². The van der Waals surface area contributed by atoms with Crippen molar-refractivity contribution in [2.45, 2.75) is 0 Å². The van der Waals surface area contributed by atoms with Crippen LogP contribution in [0.15, 0.2) is 30.9 Å². The maximum atomic E-state index is 13.9. The highest BCUT2D eigenvalue weighted by atomic mass is 19.1. The highest BCUT2D eigenvalue weighted by Crippen LogP contribution is 2.24. The van der Waals surface area contributed by atoms with Crippen molar-refractivity contribution in [2.75, 3.05) is 5.73 Å². The van der Waals surface area contributed by atoms with Crippen molar-refractivity contribution in [3.63, 3.8) is 0 Å². The molecule has 0 saturated heterocycles. The molecule has 0 atom stereocenters. The molecule has 0 saturated carbocycles. The number of ketones is 1. The third-order valence-electron chi connectivity index (χ3n) is 2.95. The van der Waals surface area contributed by atoms with E-state index in [0.717, 1.165) is 12.1 Å². The van der Waals surface area contributed by atoms with E-state index < -0.39 is 23.0 Å². The van der Waals surface area contributed by atoms with Crippen molar-refractivity contribution in [3.8, 4) is 0 Å². The summed E-state index contributed by atoms with van der Waals surface area (Å²) < 4.78 is 27.6. The number of carbonyl (C=O) groups is 1. The van der Waals surface area contributed by atoms with Gasteiger partial charge in [0.25, 0.3) is 0 Å². The van der Waals surface area contributed by atoms with Crippen LogP contribution in [0.2, 0.25) is 0 Å². The standard InChI is InChI=1S/C13H8F2N4O/c14-8-1-2-9(16)11(15)10(8)12(20)6-4-18-13-7(6)3-17-5-19-13/h1-5H,16H2,(H,17,18,19). The lowest BCUT2D eigenvalue weighted by molar-refractivity contribution is 0.103. The number of nitrogens with zero attached hydrogens (tertiary/aromatic N) is 2. The van der Waals surface area contributed by atoms with Gasteiger partial charge in [-0.15, -0.1) is 0 Å². The van der Waals surface area contributed by atoms with Gasteiger partial charge in [-0.1, -0.05) is 0 Å². The molecule has 20 heavy (non-hydrogen) atoms. The Morgan fingerprint density at radius 3 is 2.90 bits per heavy atom. The first kappa shape index (κ1) is 12.2. The van der Waals surface area contributed by atoms with E-state index in [1.165, 1.54) is 18.7 Å². The quantitative estimate of drug-likeness (QED) is 0.553. The summed E-state index contributed by atoms with van der Waals surface area (Å²) >= 11 is 0. The van der Waals surface area contributed by atoms with Crippen molar-refractivity contribution in [1.29, 1.82) is 0 Å². The maximum Gasteiger partial charge on any atom is 0.201 e. The van der Waals surface area contributed by atoms with Crippen molar-refractivity contribution in [1.82, 2.24) is 15.0 Å². The van der Waals surface area contributed by atoms with Gasteiger partial charge in [-0.25, -0.2) is 18.7 Å². The van der Waals surface area contributed by atoms with Crippen molar-refractivity contribution < 1.29 is 13.6 Å². The molecule has 1 aromatic carbocycles. The molecule has 0 aliphatic heterocycles. The monoisotopic (exact) mass is 274 g/mol. The zero-order valence-corrected chi connectivity index (χ0v) is 10.0. The summed E-state index contributed by atoms with van der Waals surface area (Å²) in [5.74, 6) is -2.84. The maximum absolute atomic E-state index is 13.9. The fourth-order valence-electron chi connectivity index (χ4n) is 1.96. The summed E-state index contributed by atoms with van der Waals surface area (Å²) in [7, 11) is 0. The second kappa shape index (κ2) is 4.37. The van der Waals surface area contributed by atoms with Gasteiger partial charge in [0.2, 0.25) is 5.78 Å². The zero-order chi connectivity index (χ0) is 14.3. The summed E-state index contributed by atoms with van der Waals surface area (Å²) in [6, 6.07) is 2.02. The number of hydrogen-bond donors (Lipinski definition) is 2. The topological polar surface area (TPSA) is 84.7 Å². The van der Waals surface area contributed by atoms with Crippen LogP contribution in [0.25, 0.3) is 11.0 Å². The van der Waals surface area contributed by atoms with E-state index in [-0.39, 0.29) is 11.3 Å². The number of nitrogens with two attached hydrogens (primary N) is 1. The SMILES string of the molecule is Nc1ccc(F)c(C(=O)c2c[nH]c3ncncc23)c1F. The van der Waals surface area contributed by atoms with E-state index >= 15 is 0 Å². The molecule has 7 heteroatoms. The number of halogens is 2. The van der Waals surface area contributed by atoms with Crippen LogP contribution in [-0.4, -0.2) is 20.7 Å². The molecule has 3 aromatic rings. The Balaban J connectivity index is 2.21. The van der Waals surface area contributed by atoms with Gasteiger partial charge in [0.05, 0.1) is 16.8 Å². The average molecular weight is 274 g/mol. The molecule has 100 valence electrons. The Morgan fingerprint density at radius 2 is 2.10 bits per heavy atom. The summed E-state index contributed by atoms with van der Waals surface area (Å²) in [6.45, 7) is 0. The van der Waals surface area contributed by atoms with Crippen LogP contribution in [0, 0.1) is 11.6 Å². The zero-order valence-electron chi connectivity index (χ0n) is 10.0. The third kappa shape index (κ3) is 1.71. The molecule has 0 spiro atoms. The predicted octanol–water partition coefficient (Wildman–Crippen LogP) is 2.05. The van der Waals surface area contributed by atoms with E-state index in [4.69, 9.17) is 5.73 Å². The normalized spacial score (nSPS) is 10.9. The molecule has 0 aliphatic carbocycles. The number of aromatic amines is 1. The van der Waals surface area contributed by atoms with Crippen LogP contribution in [0.5, 0.6) is 0 Å². The first-order chi connectivity index (χ1) is 9.59. The number of nitrogen functional groups attached to an aromatic ring is 1. The van der Waals surface area contributed by atoms with E-state index in [0.29, 0.717) is 11.0 Å².